The molecule has 1 N–H and O–H groups in total. The maximum absolute atomic E-state index is 3.55. The van der Waals surface area contributed by atoms with Gasteiger partial charge in [0.15, 0.2) is 0 Å². The van der Waals surface area contributed by atoms with E-state index in [0.29, 0.717) is 0 Å². The number of hydrogen-bond donors (Lipinski definition) is 1. The molecule has 0 aliphatic carbocycles. The molecule has 1 saturated heterocycles. The summed E-state index contributed by atoms with van der Waals surface area (Å²) in [7, 11) is 0. The molecule has 2 unspecified atom stereocenters. The smallest absolute Gasteiger partial charge is 0.0396 e. The van der Waals surface area contributed by atoms with Crippen LogP contribution in [0.3, 0.4) is 0 Å². The van der Waals surface area contributed by atoms with Gasteiger partial charge < -0.3 is 10.2 Å². The van der Waals surface area contributed by atoms with Gasteiger partial charge in [-0.15, -0.1) is 0 Å². The molecule has 20 heavy (non-hydrogen) atoms. The predicted molar refractivity (Wildman–Crippen MR) is 88.3 cm³/mol. The summed E-state index contributed by atoms with van der Waals surface area (Å²) >= 11 is 0. The SMILES string of the molecule is Cc1cc(CNC(C)(C)C)ccc1N1CC(C)C(C)C1. The molecule has 2 nitrogen and oxygen atoms in total. The lowest BCUT2D eigenvalue weighted by Crippen LogP contribution is -2.35. The molecule has 0 bridgehead atoms. The Morgan fingerprint density at radius 3 is 2.25 bits per heavy atom. The van der Waals surface area contributed by atoms with Crippen molar-refractivity contribution in [3.63, 3.8) is 0 Å². The summed E-state index contributed by atoms with van der Waals surface area (Å²) in [6.07, 6.45) is 0. The van der Waals surface area contributed by atoms with Crippen molar-refractivity contribution in [3.8, 4) is 0 Å². The lowest BCUT2D eigenvalue weighted by Gasteiger charge is -2.23. The van der Waals surface area contributed by atoms with Gasteiger partial charge >= 0.3 is 0 Å². The van der Waals surface area contributed by atoms with Crippen molar-refractivity contribution < 1.29 is 0 Å². The zero-order valence-electron chi connectivity index (χ0n) is 14.0. The number of nitrogens with one attached hydrogen (secondary N) is 1. The second-order valence-corrected chi connectivity index (χ2v) is 7.58. The molecule has 0 aromatic heterocycles. The minimum atomic E-state index is 0.173. The first-order chi connectivity index (χ1) is 9.26. The third kappa shape index (κ3) is 3.76. The molecule has 1 fully saturated rings. The Labute approximate surface area is 124 Å². The van der Waals surface area contributed by atoms with Crippen LogP contribution in [0.5, 0.6) is 0 Å². The van der Waals surface area contributed by atoms with E-state index in [9.17, 15) is 0 Å². The minimum Gasteiger partial charge on any atom is -0.371 e. The summed E-state index contributed by atoms with van der Waals surface area (Å²) < 4.78 is 0. The Morgan fingerprint density at radius 2 is 1.75 bits per heavy atom. The molecule has 1 aromatic carbocycles. The Balaban J connectivity index is 2.07. The largest absolute Gasteiger partial charge is 0.371 e. The van der Waals surface area contributed by atoms with Gasteiger partial charge in [-0.05, 0) is 56.7 Å². The Morgan fingerprint density at radius 1 is 1.15 bits per heavy atom. The van der Waals surface area contributed by atoms with E-state index < -0.39 is 0 Å². The monoisotopic (exact) mass is 274 g/mol. The third-order valence-corrected chi connectivity index (χ3v) is 4.41. The van der Waals surface area contributed by atoms with Gasteiger partial charge in [-0.2, -0.15) is 0 Å². The molecule has 0 spiro atoms. The van der Waals surface area contributed by atoms with Crippen LogP contribution in [0.4, 0.5) is 5.69 Å². The lowest BCUT2D eigenvalue weighted by molar-refractivity contribution is 0.424. The number of aryl methyl sites for hydroxylation is 1. The van der Waals surface area contributed by atoms with E-state index >= 15 is 0 Å². The number of hydrogen-bond acceptors (Lipinski definition) is 2. The van der Waals surface area contributed by atoms with Crippen molar-refractivity contribution >= 4 is 5.69 Å². The molecule has 0 saturated carbocycles. The number of nitrogens with zero attached hydrogens (tertiary/aromatic N) is 1. The van der Waals surface area contributed by atoms with E-state index in [-0.39, 0.29) is 5.54 Å². The quantitative estimate of drug-likeness (QED) is 0.897. The third-order valence-electron chi connectivity index (χ3n) is 4.41. The Kier molecular flexibility index (Phi) is 4.43. The van der Waals surface area contributed by atoms with Crippen LogP contribution in [-0.2, 0) is 6.54 Å². The first-order valence-corrected chi connectivity index (χ1v) is 7.86. The summed E-state index contributed by atoms with van der Waals surface area (Å²) in [6, 6.07) is 6.91. The summed E-state index contributed by atoms with van der Waals surface area (Å²) in [4.78, 5) is 2.55. The van der Waals surface area contributed by atoms with Crippen molar-refractivity contribution in [3.05, 3.63) is 29.3 Å². The summed E-state index contributed by atoms with van der Waals surface area (Å²) in [6.45, 7) is 16.9. The fourth-order valence-electron chi connectivity index (χ4n) is 2.88. The normalized spacial score (nSPS) is 23.4. The van der Waals surface area contributed by atoms with Gasteiger partial charge in [0, 0.05) is 30.9 Å². The fraction of sp³-hybridized carbons (Fsp3) is 0.667. The van der Waals surface area contributed by atoms with Crippen molar-refractivity contribution in [2.24, 2.45) is 11.8 Å². The number of anilines is 1. The first kappa shape index (κ1) is 15.4. The summed E-state index contributed by atoms with van der Waals surface area (Å²) in [5.74, 6) is 1.60. The molecule has 1 heterocycles. The molecular formula is C18H30N2. The van der Waals surface area contributed by atoms with Gasteiger partial charge in [0.2, 0.25) is 0 Å². The molecule has 1 aromatic rings. The highest BCUT2D eigenvalue weighted by atomic mass is 15.2. The lowest BCUT2D eigenvalue weighted by atomic mass is 10.0. The van der Waals surface area contributed by atoms with Gasteiger partial charge in [-0.1, -0.05) is 26.0 Å². The van der Waals surface area contributed by atoms with Crippen LogP contribution in [0.25, 0.3) is 0 Å². The Bertz CT molecular complexity index is 449. The molecule has 2 rings (SSSR count). The minimum absolute atomic E-state index is 0.173. The van der Waals surface area contributed by atoms with Gasteiger partial charge in [-0.3, -0.25) is 0 Å². The maximum Gasteiger partial charge on any atom is 0.0396 e. The van der Waals surface area contributed by atoms with E-state index in [1.807, 2.05) is 0 Å². The molecule has 0 amide bonds. The van der Waals surface area contributed by atoms with Gasteiger partial charge in [-0.25, -0.2) is 0 Å². The standard InChI is InChI=1S/C18H30N2/c1-13-9-16(10-19-18(4,5)6)7-8-17(13)20-11-14(2)15(3)12-20/h7-9,14-15,19H,10-12H2,1-6H3. The van der Waals surface area contributed by atoms with Crippen molar-refractivity contribution in [1.82, 2.24) is 5.32 Å². The highest BCUT2D eigenvalue weighted by Gasteiger charge is 2.26. The number of benzene rings is 1. The first-order valence-electron chi connectivity index (χ1n) is 7.86. The molecule has 1 aliphatic heterocycles. The van der Waals surface area contributed by atoms with Gasteiger partial charge in [0.1, 0.15) is 0 Å². The zero-order chi connectivity index (χ0) is 14.9. The highest BCUT2D eigenvalue weighted by molar-refractivity contribution is 5.55. The van der Waals surface area contributed by atoms with E-state index in [1.54, 1.807) is 0 Å². The molecule has 2 atom stereocenters. The van der Waals surface area contributed by atoms with Gasteiger partial charge in [0.05, 0.1) is 0 Å². The fourth-order valence-corrected chi connectivity index (χ4v) is 2.88. The highest BCUT2D eigenvalue weighted by Crippen LogP contribution is 2.30. The van der Waals surface area contributed by atoms with E-state index in [4.69, 9.17) is 0 Å². The topological polar surface area (TPSA) is 15.3 Å². The summed E-state index contributed by atoms with van der Waals surface area (Å²) in [5, 5.41) is 3.55. The van der Waals surface area contributed by atoms with Crippen LogP contribution >= 0.6 is 0 Å². The van der Waals surface area contributed by atoms with Crippen LogP contribution in [0.1, 0.15) is 45.7 Å². The second kappa shape index (κ2) is 5.77. The maximum atomic E-state index is 3.55. The van der Waals surface area contributed by atoms with Crippen LogP contribution in [0.15, 0.2) is 18.2 Å². The van der Waals surface area contributed by atoms with Crippen LogP contribution in [0, 0.1) is 18.8 Å². The van der Waals surface area contributed by atoms with E-state index in [2.05, 4.69) is 70.0 Å². The molecular weight excluding hydrogens is 244 g/mol. The summed E-state index contributed by atoms with van der Waals surface area (Å²) in [5.41, 5.74) is 4.37. The Hall–Kier alpha value is -1.02. The van der Waals surface area contributed by atoms with Crippen molar-refractivity contribution in [2.75, 3.05) is 18.0 Å². The van der Waals surface area contributed by atoms with Crippen molar-refractivity contribution in [2.45, 2.75) is 53.6 Å². The molecule has 1 aliphatic rings. The van der Waals surface area contributed by atoms with Crippen LogP contribution in [0.2, 0.25) is 0 Å². The average Bonchev–Trinajstić information content (AvgIpc) is 2.66. The van der Waals surface area contributed by atoms with Crippen molar-refractivity contribution in [1.29, 1.82) is 0 Å². The molecule has 2 heteroatoms. The second-order valence-electron chi connectivity index (χ2n) is 7.58. The number of rotatable bonds is 3. The van der Waals surface area contributed by atoms with Crippen LogP contribution in [-0.4, -0.2) is 18.6 Å². The predicted octanol–water partition coefficient (Wildman–Crippen LogP) is 3.98. The van der Waals surface area contributed by atoms with Gasteiger partial charge in [0.25, 0.3) is 0 Å². The van der Waals surface area contributed by atoms with Crippen LogP contribution < -0.4 is 10.2 Å². The molecule has 0 radical (unpaired) electrons. The van der Waals surface area contributed by atoms with E-state index in [1.165, 1.54) is 29.9 Å². The van der Waals surface area contributed by atoms with E-state index in [0.717, 1.165) is 18.4 Å². The molecule has 112 valence electrons. The average molecular weight is 274 g/mol. The zero-order valence-corrected chi connectivity index (χ0v) is 14.0.